The van der Waals surface area contributed by atoms with Crippen LogP contribution in [0.4, 0.5) is 4.39 Å². The Labute approximate surface area is 108 Å². The number of benzene rings is 1. The molecule has 0 radical (unpaired) electrons. The summed E-state index contributed by atoms with van der Waals surface area (Å²) in [5, 5.41) is 9.14. The maximum absolute atomic E-state index is 13.3. The normalized spacial score (nSPS) is 14.8. The summed E-state index contributed by atoms with van der Waals surface area (Å²) in [5.74, 6) is -0.251. The van der Waals surface area contributed by atoms with Gasteiger partial charge in [0.25, 0.3) is 0 Å². The lowest BCUT2D eigenvalue weighted by molar-refractivity contribution is 0.137. The predicted molar refractivity (Wildman–Crippen MR) is 71.7 cm³/mol. The highest BCUT2D eigenvalue weighted by molar-refractivity contribution is 5.21. The van der Waals surface area contributed by atoms with Crippen molar-refractivity contribution in [2.75, 3.05) is 19.7 Å². The molecule has 0 spiro atoms. The van der Waals surface area contributed by atoms with Crippen molar-refractivity contribution in [3.8, 4) is 0 Å². The van der Waals surface area contributed by atoms with Gasteiger partial charge >= 0.3 is 0 Å². The molecule has 0 saturated heterocycles. The maximum Gasteiger partial charge on any atom is 0.123 e. The van der Waals surface area contributed by atoms with Gasteiger partial charge in [0, 0.05) is 18.6 Å². The Balaban J connectivity index is 2.99. The average Bonchev–Trinajstić information content (AvgIpc) is 2.29. The molecule has 0 aliphatic heterocycles. The number of rotatable bonds is 7. The topological polar surface area (TPSA) is 49.5 Å². The quantitative estimate of drug-likeness (QED) is 0.781. The Kier molecular flexibility index (Phi) is 6.25. The highest BCUT2D eigenvalue weighted by atomic mass is 19.1. The van der Waals surface area contributed by atoms with E-state index in [1.54, 1.807) is 6.07 Å². The van der Waals surface area contributed by atoms with Crippen molar-refractivity contribution >= 4 is 0 Å². The zero-order valence-electron chi connectivity index (χ0n) is 11.1. The van der Waals surface area contributed by atoms with E-state index in [9.17, 15) is 4.39 Å². The van der Waals surface area contributed by atoms with Gasteiger partial charge in [-0.1, -0.05) is 19.1 Å². The summed E-state index contributed by atoms with van der Waals surface area (Å²) in [6.45, 7) is 5.46. The molecular formula is C14H23FN2O. The Morgan fingerprint density at radius 3 is 2.61 bits per heavy atom. The van der Waals surface area contributed by atoms with Crippen molar-refractivity contribution < 1.29 is 9.50 Å². The largest absolute Gasteiger partial charge is 0.395 e. The fraction of sp³-hybridized carbons (Fsp3) is 0.571. The number of aliphatic hydroxyl groups excluding tert-OH is 1. The van der Waals surface area contributed by atoms with Crippen molar-refractivity contribution in [3.63, 3.8) is 0 Å². The smallest absolute Gasteiger partial charge is 0.123 e. The van der Waals surface area contributed by atoms with Crippen LogP contribution in [-0.4, -0.2) is 35.7 Å². The van der Waals surface area contributed by atoms with Crippen LogP contribution in [0.3, 0.4) is 0 Å². The summed E-state index contributed by atoms with van der Waals surface area (Å²) in [4.78, 5) is 2.11. The minimum atomic E-state index is -0.251. The van der Waals surface area contributed by atoms with Gasteiger partial charge in [-0.25, -0.2) is 4.39 Å². The highest BCUT2D eigenvalue weighted by Gasteiger charge is 2.23. The summed E-state index contributed by atoms with van der Waals surface area (Å²) < 4.78 is 13.3. The minimum absolute atomic E-state index is 0.0622. The number of hydrogen-bond acceptors (Lipinski definition) is 3. The van der Waals surface area contributed by atoms with E-state index in [1.807, 2.05) is 13.0 Å². The molecule has 1 aromatic carbocycles. The molecule has 0 aromatic heterocycles. The molecule has 3 N–H and O–H groups in total. The van der Waals surface area contributed by atoms with Crippen LogP contribution in [0, 0.1) is 5.82 Å². The fourth-order valence-corrected chi connectivity index (χ4v) is 2.34. The molecule has 2 unspecified atom stereocenters. The molecular weight excluding hydrogens is 231 g/mol. The highest BCUT2D eigenvalue weighted by Crippen LogP contribution is 2.24. The van der Waals surface area contributed by atoms with Crippen molar-refractivity contribution in [1.82, 2.24) is 4.90 Å². The van der Waals surface area contributed by atoms with Crippen molar-refractivity contribution in [3.05, 3.63) is 35.6 Å². The van der Waals surface area contributed by atoms with Crippen molar-refractivity contribution in [2.45, 2.75) is 32.4 Å². The van der Waals surface area contributed by atoms with E-state index in [0.717, 1.165) is 18.5 Å². The third kappa shape index (κ3) is 4.05. The molecule has 2 atom stereocenters. The number of nitrogens with zero attached hydrogens (tertiary/aromatic N) is 1. The lowest BCUT2D eigenvalue weighted by atomic mass is 9.98. The van der Waals surface area contributed by atoms with Crippen LogP contribution in [0.1, 0.15) is 31.9 Å². The standard InChI is InChI=1S/C14H23FN2O/c1-3-7-17(8-9-18)14(11(2)16)12-5-4-6-13(15)10-12/h4-6,10-11,14,18H,3,7-9,16H2,1-2H3. The van der Waals surface area contributed by atoms with E-state index in [4.69, 9.17) is 10.8 Å². The van der Waals surface area contributed by atoms with Crippen LogP contribution in [0.25, 0.3) is 0 Å². The Morgan fingerprint density at radius 2 is 2.11 bits per heavy atom. The lowest BCUT2D eigenvalue weighted by Crippen LogP contribution is -2.41. The van der Waals surface area contributed by atoms with Gasteiger partial charge in [-0.15, -0.1) is 0 Å². The third-order valence-corrected chi connectivity index (χ3v) is 2.98. The lowest BCUT2D eigenvalue weighted by Gasteiger charge is -2.34. The van der Waals surface area contributed by atoms with Gasteiger partial charge in [0.15, 0.2) is 0 Å². The molecule has 3 nitrogen and oxygen atoms in total. The van der Waals surface area contributed by atoms with Gasteiger partial charge in [-0.2, -0.15) is 0 Å². The fourth-order valence-electron chi connectivity index (χ4n) is 2.34. The predicted octanol–water partition coefficient (Wildman–Crippen LogP) is 1.92. The molecule has 1 rings (SSSR count). The molecule has 0 saturated carbocycles. The second-order valence-electron chi connectivity index (χ2n) is 4.62. The zero-order chi connectivity index (χ0) is 13.5. The van der Waals surface area contributed by atoms with E-state index in [2.05, 4.69) is 11.8 Å². The van der Waals surface area contributed by atoms with E-state index >= 15 is 0 Å². The first-order valence-corrected chi connectivity index (χ1v) is 6.46. The molecule has 0 heterocycles. The van der Waals surface area contributed by atoms with Crippen LogP contribution in [0.5, 0.6) is 0 Å². The number of aliphatic hydroxyl groups is 1. The minimum Gasteiger partial charge on any atom is -0.395 e. The number of nitrogens with two attached hydrogens (primary N) is 1. The van der Waals surface area contributed by atoms with E-state index in [-0.39, 0.29) is 24.5 Å². The van der Waals surface area contributed by atoms with Crippen LogP contribution >= 0.6 is 0 Å². The molecule has 0 amide bonds. The summed E-state index contributed by atoms with van der Waals surface area (Å²) in [7, 11) is 0. The van der Waals surface area contributed by atoms with Gasteiger partial charge in [-0.3, -0.25) is 4.90 Å². The molecule has 0 aliphatic carbocycles. The first-order chi connectivity index (χ1) is 8.60. The average molecular weight is 254 g/mol. The SMILES string of the molecule is CCCN(CCO)C(c1cccc(F)c1)C(C)N. The molecule has 1 aromatic rings. The summed E-state index contributed by atoms with van der Waals surface area (Å²) in [5.41, 5.74) is 6.90. The van der Waals surface area contributed by atoms with E-state index < -0.39 is 0 Å². The van der Waals surface area contributed by atoms with E-state index in [1.165, 1.54) is 12.1 Å². The van der Waals surface area contributed by atoms with Gasteiger partial charge < -0.3 is 10.8 Å². The number of hydrogen-bond donors (Lipinski definition) is 2. The van der Waals surface area contributed by atoms with Gasteiger partial charge in [0.1, 0.15) is 5.82 Å². The summed E-state index contributed by atoms with van der Waals surface area (Å²) in [6, 6.07) is 6.35. The van der Waals surface area contributed by atoms with Crippen LogP contribution in [0.15, 0.2) is 24.3 Å². The van der Waals surface area contributed by atoms with Crippen LogP contribution < -0.4 is 5.73 Å². The Hall–Kier alpha value is -0.970. The van der Waals surface area contributed by atoms with Crippen molar-refractivity contribution in [2.24, 2.45) is 5.73 Å². The molecule has 0 fully saturated rings. The van der Waals surface area contributed by atoms with E-state index in [0.29, 0.717) is 6.54 Å². The molecule has 0 aliphatic rings. The Bertz CT molecular complexity index is 351. The van der Waals surface area contributed by atoms with Crippen LogP contribution in [-0.2, 0) is 0 Å². The molecule has 0 bridgehead atoms. The Morgan fingerprint density at radius 1 is 1.39 bits per heavy atom. The number of halogens is 1. The first kappa shape index (κ1) is 15.1. The van der Waals surface area contributed by atoms with Gasteiger partial charge in [0.05, 0.1) is 6.61 Å². The van der Waals surface area contributed by atoms with Crippen molar-refractivity contribution in [1.29, 1.82) is 0 Å². The molecule has 18 heavy (non-hydrogen) atoms. The zero-order valence-corrected chi connectivity index (χ0v) is 11.1. The first-order valence-electron chi connectivity index (χ1n) is 6.46. The maximum atomic E-state index is 13.3. The molecule has 102 valence electrons. The summed E-state index contributed by atoms with van der Waals surface area (Å²) >= 11 is 0. The van der Waals surface area contributed by atoms with Gasteiger partial charge in [0.2, 0.25) is 0 Å². The summed E-state index contributed by atoms with van der Waals surface area (Å²) in [6.07, 6.45) is 0.971. The third-order valence-electron chi connectivity index (χ3n) is 2.98. The second kappa shape index (κ2) is 7.46. The molecule has 4 heteroatoms. The monoisotopic (exact) mass is 254 g/mol. The van der Waals surface area contributed by atoms with Crippen LogP contribution in [0.2, 0.25) is 0 Å². The van der Waals surface area contributed by atoms with Gasteiger partial charge in [-0.05, 0) is 37.6 Å². The second-order valence-corrected chi connectivity index (χ2v) is 4.62.